The van der Waals surface area contributed by atoms with Crippen molar-refractivity contribution in [2.45, 2.75) is 75.9 Å². The van der Waals surface area contributed by atoms with Crippen molar-refractivity contribution in [2.75, 3.05) is 4.90 Å². The first-order chi connectivity index (χ1) is 18.5. The molecule has 0 radical (unpaired) electrons. The number of alkyl halides is 3. The summed E-state index contributed by atoms with van der Waals surface area (Å²) in [7, 11) is 0. The molecule has 2 aromatic rings. The molecule has 0 bridgehead atoms. The number of halogens is 4. The number of ether oxygens (including phenoxy) is 1. The Kier molecular flexibility index (Phi) is 7.50. The molecule has 0 saturated heterocycles. The molecular formula is C28H28ClF3N2O5. The van der Waals surface area contributed by atoms with Crippen molar-refractivity contribution in [1.82, 2.24) is 4.90 Å². The Hall–Kier alpha value is -3.27. The molecule has 1 aliphatic heterocycles. The number of hydrogen-bond acceptors (Lipinski definition) is 4. The van der Waals surface area contributed by atoms with Crippen LogP contribution in [0.25, 0.3) is 0 Å². The zero-order valence-corrected chi connectivity index (χ0v) is 21.8. The lowest BCUT2D eigenvalue weighted by molar-refractivity contribution is -0.274. The van der Waals surface area contributed by atoms with Gasteiger partial charge >= 0.3 is 12.3 Å². The highest BCUT2D eigenvalue weighted by Gasteiger charge is 2.50. The molecule has 1 heterocycles. The highest BCUT2D eigenvalue weighted by atomic mass is 35.5. The van der Waals surface area contributed by atoms with Gasteiger partial charge in [-0.1, -0.05) is 24.1 Å². The van der Waals surface area contributed by atoms with Gasteiger partial charge in [-0.25, -0.2) is 0 Å². The van der Waals surface area contributed by atoms with Gasteiger partial charge in [-0.2, -0.15) is 0 Å². The van der Waals surface area contributed by atoms with Crippen LogP contribution >= 0.6 is 11.6 Å². The lowest BCUT2D eigenvalue weighted by Crippen LogP contribution is -2.55. The molecule has 5 rings (SSSR count). The average Bonchev–Trinajstić information content (AvgIpc) is 3.31. The van der Waals surface area contributed by atoms with Crippen LogP contribution in [0, 0.1) is 5.92 Å². The molecule has 0 spiro atoms. The average molecular weight is 565 g/mol. The van der Waals surface area contributed by atoms with E-state index < -0.39 is 18.1 Å². The van der Waals surface area contributed by atoms with Gasteiger partial charge in [-0.05, 0) is 74.1 Å². The Labute approximate surface area is 228 Å². The minimum Gasteiger partial charge on any atom is -0.481 e. The van der Waals surface area contributed by atoms with Crippen LogP contribution in [0.1, 0.15) is 73.3 Å². The number of rotatable bonds is 7. The third kappa shape index (κ3) is 5.57. The van der Waals surface area contributed by atoms with E-state index >= 15 is 0 Å². The minimum absolute atomic E-state index is 0.00417. The van der Waals surface area contributed by atoms with E-state index in [4.69, 9.17) is 11.6 Å². The molecule has 2 fully saturated rings. The van der Waals surface area contributed by atoms with Crippen LogP contribution in [0.15, 0.2) is 42.5 Å². The summed E-state index contributed by atoms with van der Waals surface area (Å²) in [5, 5.41) is 9.59. The summed E-state index contributed by atoms with van der Waals surface area (Å²) in [5.74, 6) is -2.12. The van der Waals surface area contributed by atoms with Gasteiger partial charge in [-0.3, -0.25) is 14.4 Å². The fourth-order valence-electron chi connectivity index (χ4n) is 6.19. The third-order valence-electron chi connectivity index (χ3n) is 8.00. The highest BCUT2D eigenvalue weighted by molar-refractivity contribution is 6.31. The SMILES string of the molecule is O=C(O)CCC(=O)N(C1CCC1)C1c2ccc(Cl)cc2N(C(=O)c2ccc(OC(F)(F)F)cc2)C2CCCC21. The van der Waals surface area contributed by atoms with Gasteiger partial charge in [-0.15, -0.1) is 13.2 Å². The van der Waals surface area contributed by atoms with Crippen LogP contribution in [0.4, 0.5) is 18.9 Å². The van der Waals surface area contributed by atoms with E-state index in [0.717, 1.165) is 49.8 Å². The molecule has 11 heteroatoms. The Bertz CT molecular complexity index is 1260. The number of carbonyl (C=O) groups is 3. The van der Waals surface area contributed by atoms with Crippen molar-refractivity contribution in [3.05, 3.63) is 58.6 Å². The van der Waals surface area contributed by atoms with Gasteiger partial charge in [0.25, 0.3) is 5.91 Å². The second-order valence-corrected chi connectivity index (χ2v) is 10.8. The molecule has 39 heavy (non-hydrogen) atoms. The maximum Gasteiger partial charge on any atom is 0.573 e. The van der Waals surface area contributed by atoms with Crippen molar-refractivity contribution in [3.63, 3.8) is 0 Å². The molecule has 7 nitrogen and oxygen atoms in total. The minimum atomic E-state index is -4.84. The molecule has 3 aliphatic rings. The lowest BCUT2D eigenvalue weighted by Gasteiger charge is -2.51. The number of nitrogens with zero attached hydrogens (tertiary/aromatic N) is 2. The largest absolute Gasteiger partial charge is 0.573 e. The van der Waals surface area contributed by atoms with E-state index in [0.29, 0.717) is 17.1 Å². The summed E-state index contributed by atoms with van der Waals surface area (Å²) >= 11 is 6.39. The lowest BCUT2D eigenvalue weighted by atomic mass is 9.78. The maximum absolute atomic E-state index is 13.9. The van der Waals surface area contributed by atoms with Crippen LogP contribution in [0.2, 0.25) is 5.02 Å². The van der Waals surface area contributed by atoms with Crippen LogP contribution in [0.5, 0.6) is 5.75 Å². The highest BCUT2D eigenvalue weighted by Crippen LogP contribution is 2.53. The normalized spacial score (nSPS) is 22.5. The Morgan fingerprint density at radius 3 is 2.31 bits per heavy atom. The molecule has 2 aromatic carbocycles. The molecule has 3 unspecified atom stereocenters. The fourth-order valence-corrected chi connectivity index (χ4v) is 6.36. The van der Waals surface area contributed by atoms with Crippen molar-refractivity contribution >= 4 is 35.1 Å². The molecule has 2 saturated carbocycles. The summed E-state index contributed by atoms with van der Waals surface area (Å²) < 4.78 is 41.8. The van der Waals surface area contributed by atoms with E-state index in [1.165, 1.54) is 12.1 Å². The topological polar surface area (TPSA) is 87.2 Å². The van der Waals surface area contributed by atoms with Gasteiger partial charge in [0.2, 0.25) is 5.91 Å². The molecule has 3 atom stereocenters. The summed E-state index contributed by atoms with van der Waals surface area (Å²) in [5.41, 5.74) is 1.53. The maximum atomic E-state index is 13.9. The van der Waals surface area contributed by atoms with Crippen molar-refractivity contribution in [2.24, 2.45) is 5.92 Å². The van der Waals surface area contributed by atoms with Crippen molar-refractivity contribution in [3.8, 4) is 5.75 Å². The summed E-state index contributed by atoms with van der Waals surface area (Å²) in [4.78, 5) is 42.1. The number of benzene rings is 2. The van der Waals surface area contributed by atoms with Gasteiger partial charge in [0.1, 0.15) is 5.75 Å². The molecule has 0 aromatic heterocycles. The third-order valence-corrected chi connectivity index (χ3v) is 8.24. The van der Waals surface area contributed by atoms with E-state index in [2.05, 4.69) is 4.74 Å². The predicted octanol–water partition coefficient (Wildman–Crippen LogP) is 6.35. The van der Waals surface area contributed by atoms with Crippen LogP contribution in [-0.2, 0) is 9.59 Å². The smallest absolute Gasteiger partial charge is 0.481 e. The molecular weight excluding hydrogens is 537 g/mol. The van der Waals surface area contributed by atoms with Crippen LogP contribution < -0.4 is 9.64 Å². The number of anilines is 1. The zero-order chi connectivity index (χ0) is 27.9. The van der Waals surface area contributed by atoms with Crippen molar-refractivity contribution in [1.29, 1.82) is 0 Å². The Morgan fingerprint density at radius 1 is 1.00 bits per heavy atom. The molecule has 208 valence electrons. The zero-order valence-electron chi connectivity index (χ0n) is 21.0. The standard InChI is InChI=1S/C28H28ClF3N2O5/c29-17-9-12-21-23(15-17)34(27(38)16-7-10-19(11-8-16)39-28(30,31)32)22-6-2-5-20(22)26(21)33(18-3-1-4-18)24(35)13-14-25(36)37/h7-12,15,18,20,22,26H,1-6,13-14H2,(H,36,37). The first kappa shape index (κ1) is 27.3. The number of aliphatic carboxylic acids is 1. The van der Waals surface area contributed by atoms with Gasteiger partial charge < -0.3 is 19.6 Å². The number of carbonyl (C=O) groups excluding carboxylic acids is 2. The Morgan fingerprint density at radius 2 is 1.69 bits per heavy atom. The quantitative estimate of drug-likeness (QED) is 0.423. The number of carboxylic acids is 1. The van der Waals surface area contributed by atoms with E-state index in [-0.39, 0.29) is 54.3 Å². The second-order valence-electron chi connectivity index (χ2n) is 10.3. The van der Waals surface area contributed by atoms with E-state index in [1.807, 2.05) is 11.0 Å². The fraction of sp³-hybridized carbons (Fsp3) is 0.464. The van der Waals surface area contributed by atoms with Gasteiger partial charge in [0, 0.05) is 35.0 Å². The first-order valence-corrected chi connectivity index (χ1v) is 13.4. The monoisotopic (exact) mass is 564 g/mol. The van der Waals surface area contributed by atoms with Gasteiger partial charge in [0.15, 0.2) is 0 Å². The van der Waals surface area contributed by atoms with E-state index in [1.54, 1.807) is 17.0 Å². The number of amides is 2. The summed E-state index contributed by atoms with van der Waals surface area (Å²) in [6.07, 6.45) is -0.237. The summed E-state index contributed by atoms with van der Waals surface area (Å²) in [6.45, 7) is 0. The van der Waals surface area contributed by atoms with E-state index in [9.17, 15) is 32.7 Å². The Balaban J connectivity index is 1.53. The number of hydrogen-bond donors (Lipinski definition) is 1. The number of carboxylic acid groups (broad SMARTS) is 1. The predicted molar refractivity (Wildman–Crippen MR) is 137 cm³/mol. The summed E-state index contributed by atoms with van der Waals surface area (Å²) in [6, 6.07) is 9.48. The second kappa shape index (κ2) is 10.7. The molecule has 1 N–H and O–H groups in total. The molecule has 2 aliphatic carbocycles. The first-order valence-electron chi connectivity index (χ1n) is 13.1. The molecule has 2 amide bonds. The van der Waals surface area contributed by atoms with Gasteiger partial charge in [0.05, 0.1) is 18.2 Å². The van der Waals surface area contributed by atoms with Crippen LogP contribution in [-0.4, -0.2) is 46.2 Å². The van der Waals surface area contributed by atoms with Crippen LogP contribution in [0.3, 0.4) is 0 Å². The van der Waals surface area contributed by atoms with Crippen molar-refractivity contribution < 1.29 is 37.4 Å². The number of fused-ring (bicyclic) bond motifs is 2.